The van der Waals surface area contributed by atoms with E-state index in [1.54, 1.807) is 11.8 Å². The van der Waals surface area contributed by atoms with Gasteiger partial charge < -0.3 is 0 Å². The molecule has 82 valence electrons. The summed E-state index contributed by atoms with van der Waals surface area (Å²) < 4.78 is 1.17. The third kappa shape index (κ3) is 5.02. The predicted octanol–water partition coefficient (Wildman–Crippen LogP) is 4.01. The molecule has 3 heteroatoms. The lowest BCUT2D eigenvalue weighted by Gasteiger charge is -2.01. The fourth-order valence-electron chi connectivity index (χ4n) is 1.13. The minimum atomic E-state index is 0.243. The minimum Gasteiger partial charge on any atom is -0.293 e. The molecule has 0 N–H and O–H groups in total. The zero-order chi connectivity index (χ0) is 11.1. The summed E-state index contributed by atoms with van der Waals surface area (Å²) in [5, 5.41) is 0. The van der Waals surface area contributed by atoms with Crippen molar-refractivity contribution in [2.24, 2.45) is 0 Å². The van der Waals surface area contributed by atoms with Crippen molar-refractivity contribution >= 4 is 40.1 Å². The smallest absolute Gasteiger partial charge is 0.172 e. The van der Waals surface area contributed by atoms with Gasteiger partial charge in [-0.3, -0.25) is 4.79 Å². The van der Waals surface area contributed by atoms with Crippen LogP contribution in [0.3, 0.4) is 0 Å². The summed E-state index contributed by atoms with van der Waals surface area (Å²) in [5.41, 5.74) is 0.833. The van der Waals surface area contributed by atoms with Crippen molar-refractivity contribution in [1.82, 2.24) is 0 Å². The number of halogens is 1. The summed E-state index contributed by atoms with van der Waals surface area (Å²) in [7, 11) is 0. The third-order valence-electron chi connectivity index (χ3n) is 2.04. The Balaban J connectivity index is 2.37. The number of unbranched alkanes of at least 4 members (excludes halogenated alkanes) is 1. The maximum atomic E-state index is 11.7. The van der Waals surface area contributed by atoms with Gasteiger partial charge in [-0.1, -0.05) is 25.5 Å². The lowest BCUT2D eigenvalue weighted by atomic mass is 10.2. The first kappa shape index (κ1) is 13.0. The summed E-state index contributed by atoms with van der Waals surface area (Å²) in [4.78, 5) is 11.7. The molecule has 0 fully saturated rings. The van der Waals surface area contributed by atoms with E-state index < -0.39 is 0 Å². The second kappa shape index (κ2) is 7.28. The van der Waals surface area contributed by atoms with Gasteiger partial charge in [0.2, 0.25) is 0 Å². The van der Waals surface area contributed by atoms with Crippen molar-refractivity contribution in [3.63, 3.8) is 0 Å². The number of thioether (sulfide) groups is 1. The van der Waals surface area contributed by atoms with Crippen LogP contribution >= 0.6 is 34.4 Å². The van der Waals surface area contributed by atoms with Crippen LogP contribution in [0.5, 0.6) is 0 Å². The van der Waals surface area contributed by atoms with E-state index in [9.17, 15) is 4.79 Å². The average molecular weight is 334 g/mol. The first-order valence-corrected chi connectivity index (χ1v) is 7.34. The van der Waals surface area contributed by atoms with Crippen LogP contribution in [0.2, 0.25) is 0 Å². The average Bonchev–Trinajstić information content (AvgIpc) is 2.25. The standard InChI is InChI=1S/C12H15IOS/c1-2-3-8-15-9-12(14)10-4-6-11(13)7-5-10/h4-7H,2-3,8-9H2,1H3. The van der Waals surface area contributed by atoms with Gasteiger partial charge in [0.15, 0.2) is 5.78 Å². The molecule has 1 aromatic carbocycles. The molecule has 0 aliphatic heterocycles. The summed E-state index contributed by atoms with van der Waals surface area (Å²) in [6.07, 6.45) is 2.40. The molecule has 0 heterocycles. The second-order valence-corrected chi connectivity index (χ2v) is 5.69. The van der Waals surface area contributed by atoms with Gasteiger partial charge >= 0.3 is 0 Å². The van der Waals surface area contributed by atoms with Crippen LogP contribution in [-0.4, -0.2) is 17.3 Å². The molecule has 0 spiro atoms. The van der Waals surface area contributed by atoms with Gasteiger partial charge in [-0.05, 0) is 46.9 Å². The van der Waals surface area contributed by atoms with Crippen LogP contribution < -0.4 is 0 Å². The lowest BCUT2D eigenvalue weighted by molar-refractivity contribution is 0.102. The Morgan fingerprint density at radius 1 is 1.33 bits per heavy atom. The van der Waals surface area contributed by atoms with Gasteiger partial charge in [0.25, 0.3) is 0 Å². The van der Waals surface area contributed by atoms with E-state index in [-0.39, 0.29) is 5.78 Å². The maximum Gasteiger partial charge on any atom is 0.172 e. The van der Waals surface area contributed by atoms with Gasteiger partial charge in [-0.2, -0.15) is 11.8 Å². The van der Waals surface area contributed by atoms with Crippen molar-refractivity contribution in [2.75, 3.05) is 11.5 Å². The van der Waals surface area contributed by atoms with Gasteiger partial charge in [0, 0.05) is 9.13 Å². The Labute approximate surface area is 109 Å². The molecule has 0 radical (unpaired) electrons. The zero-order valence-corrected chi connectivity index (χ0v) is 11.8. The summed E-state index contributed by atoms with van der Waals surface area (Å²) in [6.45, 7) is 2.17. The number of Topliss-reactive ketones (excluding diaryl/α,β-unsaturated/α-hetero) is 1. The van der Waals surface area contributed by atoms with E-state index in [1.807, 2.05) is 24.3 Å². The van der Waals surface area contributed by atoms with E-state index >= 15 is 0 Å². The number of benzene rings is 1. The minimum absolute atomic E-state index is 0.243. The highest BCUT2D eigenvalue weighted by molar-refractivity contribution is 14.1. The number of carbonyl (C=O) groups is 1. The molecule has 15 heavy (non-hydrogen) atoms. The molecule has 0 saturated heterocycles. The fourth-order valence-corrected chi connectivity index (χ4v) is 2.48. The second-order valence-electron chi connectivity index (χ2n) is 3.34. The molecule has 0 bridgehead atoms. The highest BCUT2D eigenvalue weighted by Gasteiger charge is 2.04. The highest BCUT2D eigenvalue weighted by atomic mass is 127. The zero-order valence-electron chi connectivity index (χ0n) is 8.83. The van der Waals surface area contributed by atoms with Crippen molar-refractivity contribution in [3.05, 3.63) is 33.4 Å². The highest BCUT2D eigenvalue weighted by Crippen LogP contribution is 2.11. The van der Waals surface area contributed by atoms with E-state index in [4.69, 9.17) is 0 Å². The van der Waals surface area contributed by atoms with Crippen molar-refractivity contribution in [2.45, 2.75) is 19.8 Å². The van der Waals surface area contributed by atoms with Crippen LogP contribution in [0.25, 0.3) is 0 Å². The maximum absolute atomic E-state index is 11.7. The van der Waals surface area contributed by atoms with Gasteiger partial charge in [0.05, 0.1) is 5.75 Å². The van der Waals surface area contributed by atoms with E-state index in [0.717, 1.165) is 11.3 Å². The molecular formula is C12H15IOS. The topological polar surface area (TPSA) is 17.1 Å². The van der Waals surface area contributed by atoms with Crippen molar-refractivity contribution in [3.8, 4) is 0 Å². The molecule has 0 aliphatic rings. The SMILES string of the molecule is CCCCSCC(=O)c1ccc(I)cc1. The Morgan fingerprint density at radius 3 is 2.60 bits per heavy atom. The Hall–Kier alpha value is -0.0300. The molecular weight excluding hydrogens is 319 g/mol. The molecule has 0 aromatic heterocycles. The molecule has 0 atom stereocenters. The van der Waals surface area contributed by atoms with Crippen molar-refractivity contribution in [1.29, 1.82) is 0 Å². The Kier molecular flexibility index (Phi) is 6.32. The fraction of sp³-hybridized carbons (Fsp3) is 0.417. The van der Waals surface area contributed by atoms with Gasteiger partial charge in [-0.15, -0.1) is 0 Å². The molecule has 1 rings (SSSR count). The third-order valence-corrected chi connectivity index (χ3v) is 3.80. The lowest BCUT2D eigenvalue weighted by Crippen LogP contribution is -2.02. The first-order valence-electron chi connectivity index (χ1n) is 5.10. The molecule has 0 aliphatic carbocycles. The molecule has 0 amide bonds. The largest absolute Gasteiger partial charge is 0.293 e. The quantitative estimate of drug-likeness (QED) is 0.444. The number of carbonyl (C=O) groups excluding carboxylic acids is 1. The van der Waals surface area contributed by atoms with Crippen LogP contribution in [0, 0.1) is 3.57 Å². The molecule has 1 nitrogen and oxygen atoms in total. The summed E-state index contributed by atoms with van der Waals surface area (Å²) in [5.74, 6) is 1.94. The summed E-state index contributed by atoms with van der Waals surface area (Å²) >= 11 is 3.98. The van der Waals surface area contributed by atoms with Crippen LogP contribution in [0.1, 0.15) is 30.1 Å². The Morgan fingerprint density at radius 2 is 2.00 bits per heavy atom. The number of hydrogen-bond donors (Lipinski definition) is 0. The monoisotopic (exact) mass is 334 g/mol. The van der Waals surface area contributed by atoms with Gasteiger partial charge in [0.1, 0.15) is 0 Å². The number of ketones is 1. The number of hydrogen-bond acceptors (Lipinski definition) is 2. The molecule has 0 saturated carbocycles. The Bertz CT molecular complexity index is 308. The molecule has 1 aromatic rings. The van der Waals surface area contributed by atoms with E-state index in [1.165, 1.54) is 16.4 Å². The van der Waals surface area contributed by atoms with Crippen molar-refractivity contribution < 1.29 is 4.79 Å². The number of rotatable bonds is 6. The van der Waals surface area contributed by atoms with Crippen LogP contribution in [0.4, 0.5) is 0 Å². The molecule has 0 unspecified atom stereocenters. The normalized spacial score (nSPS) is 10.3. The summed E-state index contributed by atoms with van der Waals surface area (Å²) in [6, 6.07) is 7.77. The predicted molar refractivity (Wildman–Crippen MR) is 75.7 cm³/mol. The van der Waals surface area contributed by atoms with E-state index in [2.05, 4.69) is 29.5 Å². The van der Waals surface area contributed by atoms with E-state index in [0.29, 0.717) is 5.75 Å². The van der Waals surface area contributed by atoms with Gasteiger partial charge in [-0.25, -0.2) is 0 Å². The van der Waals surface area contributed by atoms with Crippen LogP contribution in [-0.2, 0) is 0 Å². The van der Waals surface area contributed by atoms with Crippen LogP contribution in [0.15, 0.2) is 24.3 Å². The first-order chi connectivity index (χ1) is 7.24.